The van der Waals surface area contributed by atoms with Crippen LogP contribution < -0.4 is 5.32 Å². The van der Waals surface area contributed by atoms with Crippen molar-refractivity contribution in [3.05, 3.63) is 17.5 Å². The Kier molecular flexibility index (Phi) is 6.02. The van der Waals surface area contributed by atoms with Crippen molar-refractivity contribution in [3.63, 3.8) is 0 Å². The molecule has 0 radical (unpaired) electrons. The molecule has 0 aromatic carbocycles. The van der Waals surface area contributed by atoms with Gasteiger partial charge in [-0.3, -0.25) is 9.48 Å². The lowest BCUT2D eigenvalue weighted by Crippen LogP contribution is -2.36. The number of aliphatic hydroxyl groups excluding tert-OH is 1. The standard InChI is InChI=1S/C14H25N3O2/c1-5-10(6-2)13(18)8-15-14(19)11-9-17(4)16-12(11)7-3/h9-10,13,18H,5-8H2,1-4H3,(H,15,19). The molecule has 0 spiro atoms. The van der Waals surface area contributed by atoms with Crippen LogP contribution in [0, 0.1) is 5.92 Å². The maximum absolute atomic E-state index is 12.1. The Labute approximate surface area is 115 Å². The van der Waals surface area contributed by atoms with Crippen molar-refractivity contribution in [3.8, 4) is 0 Å². The normalized spacial score (nSPS) is 12.7. The van der Waals surface area contributed by atoms with Gasteiger partial charge < -0.3 is 10.4 Å². The van der Waals surface area contributed by atoms with E-state index >= 15 is 0 Å². The summed E-state index contributed by atoms with van der Waals surface area (Å²) in [4.78, 5) is 12.1. The van der Waals surface area contributed by atoms with Gasteiger partial charge >= 0.3 is 0 Å². The Morgan fingerprint density at radius 1 is 1.42 bits per heavy atom. The van der Waals surface area contributed by atoms with Gasteiger partial charge in [-0.2, -0.15) is 5.10 Å². The molecular formula is C14H25N3O2. The van der Waals surface area contributed by atoms with Gasteiger partial charge in [0.15, 0.2) is 0 Å². The minimum atomic E-state index is -0.485. The van der Waals surface area contributed by atoms with Gasteiger partial charge in [-0.05, 0) is 12.3 Å². The minimum absolute atomic E-state index is 0.157. The van der Waals surface area contributed by atoms with Gasteiger partial charge in [0, 0.05) is 19.8 Å². The molecule has 1 aromatic rings. The van der Waals surface area contributed by atoms with Crippen LogP contribution >= 0.6 is 0 Å². The highest BCUT2D eigenvalue weighted by Crippen LogP contribution is 2.13. The quantitative estimate of drug-likeness (QED) is 0.787. The summed E-state index contributed by atoms with van der Waals surface area (Å²) in [6.07, 6.45) is 3.79. The highest BCUT2D eigenvalue weighted by Gasteiger charge is 2.18. The monoisotopic (exact) mass is 267 g/mol. The van der Waals surface area contributed by atoms with Crippen LogP contribution in [0.15, 0.2) is 6.20 Å². The van der Waals surface area contributed by atoms with Gasteiger partial charge in [0.1, 0.15) is 0 Å². The summed E-state index contributed by atoms with van der Waals surface area (Å²) in [5, 5.41) is 17.0. The molecule has 0 bridgehead atoms. The van der Waals surface area contributed by atoms with Crippen LogP contribution in [-0.4, -0.2) is 33.4 Å². The zero-order valence-electron chi connectivity index (χ0n) is 12.3. The van der Waals surface area contributed by atoms with Crippen LogP contribution in [0.25, 0.3) is 0 Å². The zero-order valence-corrected chi connectivity index (χ0v) is 12.3. The molecular weight excluding hydrogens is 242 g/mol. The van der Waals surface area contributed by atoms with E-state index in [0.717, 1.165) is 25.0 Å². The lowest BCUT2D eigenvalue weighted by Gasteiger charge is -2.20. The number of aliphatic hydroxyl groups is 1. The zero-order chi connectivity index (χ0) is 14.4. The number of nitrogens with zero attached hydrogens (tertiary/aromatic N) is 2. The summed E-state index contributed by atoms with van der Waals surface area (Å²) >= 11 is 0. The average Bonchev–Trinajstić information content (AvgIpc) is 2.78. The van der Waals surface area contributed by atoms with Gasteiger partial charge in [-0.25, -0.2) is 0 Å². The van der Waals surface area contributed by atoms with Gasteiger partial charge in [-0.15, -0.1) is 0 Å². The van der Waals surface area contributed by atoms with E-state index in [1.54, 1.807) is 17.9 Å². The van der Waals surface area contributed by atoms with Crippen LogP contribution in [0.2, 0.25) is 0 Å². The lowest BCUT2D eigenvalue weighted by molar-refractivity contribution is 0.0816. The largest absolute Gasteiger partial charge is 0.391 e. The number of carbonyl (C=O) groups excluding carboxylic acids is 1. The number of aryl methyl sites for hydroxylation is 2. The Morgan fingerprint density at radius 3 is 2.58 bits per heavy atom. The first-order chi connectivity index (χ1) is 9.03. The minimum Gasteiger partial charge on any atom is -0.391 e. The van der Waals surface area contributed by atoms with E-state index in [1.165, 1.54) is 0 Å². The number of nitrogens with one attached hydrogen (secondary N) is 1. The lowest BCUT2D eigenvalue weighted by atomic mass is 9.96. The first-order valence-electron chi connectivity index (χ1n) is 7.02. The molecule has 0 aliphatic carbocycles. The first kappa shape index (κ1) is 15.7. The van der Waals surface area contributed by atoms with Gasteiger partial charge in [-0.1, -0.05) is 33.6 Å². The van der Waals surface area contributed by atoms with Crippen LogP contribution in [-0.2, 0) is 13.5 Å². The van der Waals surface area contributed by atoms with Crippen LogP contribution in [0.5, 0.6) is 0 Å². The third-order valence-electron chi connectivity index (χ3n) is 3.55. The predicted molar refractivity (Wildman–Crippen MR) is 75.0 cm³/mol. The van der Waals surface area contributed by atoms with Crippen LogP contribution in [0.3, 0.4) is 0 Å². The third-order valence-corrected chi connectivity index (χ3v) is 3.55. The van der Waals surface area contributed by atoms with E-state index in [9.17, 15) is 9.90 Å². The van der Waals surface area contributed by atoms with E-state index in [0.29, 0.717) is 12.1 Å². The summed E-state index contributed by atoms with van der Waals surface area (Å²) in [5.41, 5.74) is 1.39. The number of hydrogen-bond acceptors (Lipinski definition) is 3. The van der Waals surface area contributed by atoms with Crippen molar-refractivity contribution in [1.29, 1.82) is 0 Å². The molecule has 0 aliphatic rings. The van der Waals surface area contributed by atoms with Gasteiger partial charge in [0.05, 0.1) is 17.4 Å². The fraction of sp³-hybridized carbons (Fsp3) is 0.714. The van der Waals surface area contributed by atoms with E-state index in [1.807, 2.05) is 6.92 Å². The number of hydrogen-bond donors (Lipinski definition) is 2. The molecule has 0 saturated carbocycles. The fourth-order valence-electron chi connectivity index (χ4n) is 2.28. The van der Waals surface area contributed by atoms with E-state index in [-0.39, 0.29) is 11.8 Å². The molecule has 1 rings (SSSR count). The number of aromatic nitrogens is 2. The van der Waals surface area contributed by atoms with Gasteiger partial charge in [0.25, 0.3) is 5.91 Å². The molecule has 1 atom stereocenters. The topological polar surface area (TPSA) is 67.2 Å². The molecule has 1 amide bonds. The summed E-state index contributed by atoms with van der Waals surface area (Å²) < 4.78 is 1.64. The Hall–Kier alpha value is -1.36. The third kappa shape index (κ3) is 4.06. The van der Waals surface area contributed by atoms with Crippen molar-refractivity contribution >= 4 is 5.91 Å². The second kappa shape index (κ2) is 7.28. The van der Waals surface area contributed by atoms with Crippen LogP contribution in [0.1, 0.15) is 49.7 Å². The Balaban J connectivity index is 2.60. The van der Waals surface area contributed by atoms with Crippen molar-refractivity contribution in [2.24, 2.45) is 13.0 Å². The molecule has 1 unspecified atom stereocenters. The van der Waals surface area contributed by atoms with Crippen molar-refractivity contribution < 1.29 is 9.90 Å². The maximum atomic E-state index is 12.1. The van der Waals surface area contributed by atoms with Crippen molar-refractivity contribution in [1.82, 2.24) is 15.1 Å². The number of rotatable bonds is 7. The molecule has 0 fully saturated rings. The highest BCUT2D eigenvalue weighted by molar-refractivity contribution is 5.95. The Morgan fingerprint density at radius 2 is 2.05 bits per heavy atom. The molecule has 5 heteroatoms. The molecule has 1 heterocycles. The highest BCUT2D eigenvalue weighted by atomic mass is 16.3. The smallest absolute Gasteiger partial charge is 0.254 e. The number of amides is 1. The summed E-state index contributed by atoms with van der Waals surface area (Å²) in [5.74, 6) is 0.0785. The molecule has 0 aliphatic heterocycles. The van der Waals surface area contributed by atoms with E-state index < -0.39 is 6.10 Å². The van der Waals surface area contributed by atoms with Gasteiger partial charge in [0.2, 0.25) is 0 Å². The van der Waals surface area contributed by atoms with Crippen molar-refractivity contribution in [2.45, 2.75) is 46.1 Å². The fourth-order valence-corrected chi connectivity index (χ4v) is 2.28. The summed E-state index contributed by atoms with van der Waals surface area (Å²) in [7, 11) is 1.80. The molecule has 108 valence electrons. The molecule has 0 saturated heterocycles. The average molecular weight is 267 g/mol. The molecule has 19 heavy (non-hydrogen) atoms. The molecule has 5 nitrogen and oxygen atoms in total. The SMILES string of the molecule is CCc1nn(C)cc1C(=O)NCC(O)C(CC)CC. The first-order valence-corrected chi connectivity index (χ1v) is 7.02. The maximum Gasteiger partial charge on any atom is 0.254 e. The second-order valence-corrected chi connectivity index (χ2v) is 4.87. The van der Waals surface area contributed by atoms with Crippen LogP contribution in [0.4, 0.5) is 0 Å². The van der Waals surface area contributed by atoms with E-state index in [4.69, 9.17) is 0 Å². The number of carbonyl (C=O) groups is 1. The van der Waals surface area contributed by atoms with Crippen molar-refractivity contribution in [2.75, 3.05) is 6.54 Å². The summed E-state index contributed by atoms with van der Waals surface area (Å²) in [6.45, 7) is 6.37. The Bertz CT molecular complexity index is 411. The molecule has 2 N–H and O–H groups in total. The molecule has 1 aromatic heterocycles. The van der Waals surface area contributed by atoms with E-state index in [2.05, 4.69) is 24.3 Å². The predicted octanol–water partition coefficient (Wildman–Crippen LogP) is 1.51. The summed E-state index contributed by atoms with van der Waals surface area (Å²) in [6, 6.07) is 0. The second-order valence-electron chi connectivity index (χ2n) is 4.87.